The van der Waals surface area contributed by atoms with E-state index in [1.54, 1.807) is 0 Å². The molecule has 1 fully saturated rings. The molecule has 0 saturated carbocycles. The Kier molecular flexibility index (Phi) is 6.13. The molecule has 1 aromatic heterocycles. The molecule has 7 nitrogen and oxygen atoms in total. The van der Waals surface area contributed by atoms with Gasteiger partial charge in [-0.05, 0) is 25.1 Å². The number of piperazine rings is 1. The topological polar surface area (TPSA) is 79.5 Å². The molecule has 0 aliphatic carbocycles. The molecule has 2 aromatic carbocycles. The van der Waals surface area contributed by atoms with Crippen LogP contribution in [-0.4, -0.2) is 53.9 Å². The Morgan fingerprint density at radius 2 is 1.70 bits per heavy atom. The number of benzene rings is 2. The van der Waals surface area contributed by atoms with Gasteiger partial charge >= 0.3 is 0 Å². The third-order valence-corrected chi connectivity index (χ3v) is 7.81. The second-order valence-corrected chi connectivity index (χ2v) is 9.77. The molecule has 4 rings (SSSR count). The molecule has 0 unspecified atom stereocenters. The van der Waals surface area contributed by atoms with Gasteiger partial charge in [0.2, 0.25) is 21.7 Å². The second kappa shape index (κ2) is 8.64. The Hall–Kier alpha value is -1.97. The van der Waals surface area contributed by atoms with Crippen LogP contribution in [0.2, 0.25) is 10.0 Å². The van der Waals surface area contributed by atoms with E-state index >= 15 is 0 Å². The summed E-state index contributed by atoms with van der Waals surface area (Å²) < 4.78 is 32.8. The van der Waals surface area contributed by atoms with Crippen LogP contribution in [0.4, 0.5) is 0 Å². The van der Waals surface area contributed by atoms with Gasteiger partial charge in [-0.2, -0.15) is 9.29 Å². The molecule has 0 radical (unpaired) electrons. The van der Waals surface area contributed by atoms with Crippen molar-refractivity contribution in [3.63, 3.8) is 0 Å². The monoisotopic (exact) mass is 466 g/mol. The lowest BCUT2D eigenvalue weighted by Gasteiger charge is -2.36. The zero-order valence-electron chi connectivity index (χ0n) is 16.2. The van der Waals surface area contributed by atoms with Crippen molar-refractivity contribution in [1.82, 2.24) is 19.3 Å². The Morgan fingerprint density at radius 3 is 2.37 bits per heavy atom. The number of hydrogen-bond donors (Lipinski definition) is 0. The number of sulfonamides is 1. The van der Waals surface area contributed by atoms with E-state index in [4.69, 9.17) is 27.7 Å². The van der Waals surface area contributed by atoms with Gasteiger partial charge in [0, 0.05) is 31.7 Å². The highest BCUT2D eigenvalue weighted by Crippen LogP contribution is 2.28. The zero-order chi connectivity index (χ0) is 21.3. The predicted octanol–water partition coefficient (Wildman–Crippen LogP) is 4.11. The molecule has 2 heterocycles. The van der Waals surface area contributed by atoms with Crippen LogP contribution in [0.5, 0.6) is 0 Å². The van der Waals surface area contributed by atoms with Gasteiger partial charge in [-0.15, -0.1) is 0 Å². The number of aromatic nitrogens is 2. The van der Waals surface area contributed by atoms with Gasteiger partial charge in [0.15, 0.2) is 0 Å². The molecule has 3 aromatic rings. The highest BCUT2D eigenvalue weighted by Gasteiger charge is 2.32. The summed E-state index contributed by atoms with van der Waals surface area (Å²) in [6.45, 7) is 3.78. The molecule has 0 spiro atoms. The van der Waals surface area contributed by atoms with E-state index < -0.39 is 10.0 Å². The summed E-state index contributed by atoms with van der Waals surface area (Å²) >= 11 is 11.9. The van der Waals surface area contributed by atoms with Crippen molar-refractivity contribution in [3.05, 3.63) is 64.5 Å². The van der Waals surface area contributed by atoms with Crippen molar-refractivity contribution >= 4 is 33.2 Å². The third-order valence-electron chi connectivity index (χ3n) is 5.18. The molecular weight excluding hydrogens is 447 g/mol. The summed E-state index contributed by atoms with van der Waals surface area (Å²) in [6.07, 6.45) is 0. The van der Waals surface area contributed by atoms with Crippen LogP contribution in [-0.2, 0) is 10.0 Å². The van der Waals surface area contributed by atoms with Gasteiger partial charge < -0.3 is 4.52 Å². The molecule has 1 saturated heterocycles. The van der Waals surface area contributed by atoms with Crippen LogP contribution in [0.25, 0.3) is 11.4 Å². The quantitative estimate of drug-likeness (QED) is 0.562. The van der Waals surface area contributed by atoms with Crippen molar-refractivity contribution in [2.45, 2.75) is 17.9 Å². The fraction of sp³-hybridized carbons (Fsp3) is 0.300. The minimum Gasteiger partial charge on any atom is -0.337 e. The van der Waals surface area contributed by atoms with Gasteiger partial charge in [0.05, 0.1) is 21.0 Å². The fourth-order valence-electron chi connectivity index (χ4n) is 3.38. The van der Waals surface area contributed by atoms with Gasteiger partial charge in [0.25, 0.3) is 0 Å². The fourth-order valence-corrected chi connectivity index (χ4v) is 5.19. The molecule has 0 amide bonds. The van der Waals surface area contributed by atoms with E-state index in [0.29, 0.717) is 42.9 Å². The summed E-state index contributed by atoms with van der Waals surface area (Å²) in [7, 11) is -3.63. The van der Waals surface area contributed by atoms with E-state index in [1.807, 2.05) is 37.3 Å². The van der Waals surface area contributed by atoms with E-state index in [9.17, 15) is 8.42 Å². The van der Waals surface area contributed by atoms with Crippen LogP contribution >= 0.6 is 23.2 Å². The van der Waals surface area contributed by atoms with Crippen molar-refractivity contribution in [1.29, 1.82) is 0 Å². The molecular formula is C20H20Cl2N4O3S. The second-order valence-electron chi connectivity index (χ2n) is 7.01. The van der Waals surface area contributed by atoms with E-state index in [1.165, 1.54) is 22.5 Å². The summed E-state index contributed by atoms with van der Waals surface area (Å²) in [5, 5.41) is 4.61. The van der Waals surface area contributed by atoms with Gasteiger partial charge in [0.1, 0.15) is 0 Å². The smallest absolute Gasteiger partial charge is 0.244 e. The SMILES string of the molecule is C[C@H](c1nc(-c2ccccc2)no1)N1CCN(S(=O)(=O)c2ccc(Cl)c(Cl)c2)CC1. The Balaban J connectivity index is 1.43. The first-order chi connectivity index (χ1) is 14.4. The van der Waals surface area contributed by atoms with Crippen molar-refractivity contribution in [3.8, 4) is 11.4 Å². The molecule has 1 aliphatic heterocycles. The summed E-state index contributed by atoms with van der Waals surface area (Å²) in [6, 6.07) is 13.8. The first kappa shape index (κ1) is 21.3. The van der Waals surface area contributed by atoms with Crippen LogP contribution in [0.1, 0.15) is 18.9 Å². The molecule has 1 atom stereocenters. The van der Waals surface area contributed by atoms with Gasteiger partial charge in [-0.1, -0.05) is 58.7 Å². The first-order valence-electron chi connectivity index (χ1n) is 9.44. The number of nitrogens with zero attached hydrogens (tertiary/aromatic N) is 4. The van der Waals surface area contributed by atoms with Crippen molar-refractivity contribution < 1.29 is 12.9 Å². The minimum absolute atomic E-state index is 0.121. The highest BCUT2D eigenvalue weighted by atomic mass is 35.5. The van der Waals surface area contributed by atoms with Crippen molar-refractivity contribution in [2.24, 2.45) is 0 Å². The average Bonchev–Trinajstić information content (AvgIpc) is 3.26. The lowest BCUT2D eigenvalue weighted by atomic mass is 10.2. The lowest BCUT2D eigenvalue weighted by Crippen LogP contribution is -2.49. The van der Waals surface area contributed by atoms with Crippen LogP contribution in [0.15, 0.2) is 57.9 Å². The summed E-state index contributed by atoms with van der Waals surface area (Å²) in [4.78, 5) is 6.78. The standard InChI is InChI=1S/C20H20Cl2N4O3S/c1-14(20-23-19(24-29-20)15-5-3-2-4-6-15)25-9-11-26(12-10-25)30(27,28)16-7-8-17(21)18(22)13-16/h2-8,13-14H,9-12H2,1H3/t14-/m1/s1. The van der Waals surface area contributed by atoms with E-state index in [-0.39, 0.29) is 16.0 Å². The minimum atomic E-state index is -3.63. The molecule has 0 N–H and O–H groups in total. The zero-order valence-corrected chi connectivity index (χ0v) is 18.5. The average molecular weight is 467 g/mol. The van der Waals surface area contributed by atoms with Gasteiger partial charge in [-0.3, -0.25) is 4.90 Å². The summed E-state index contributed by atoms with van der Waals surface area (Å²) in [5.41, 5.74) is 0.886. The van der Waals surface area contributed by atoms with Crippen LogP contribution in [0.3, 0.4) is 0 Å². The lowest BCUT2D eigenvalue weighted by molar-refractivity contribution is 0.124. The van der Waals surface area contributed by atoms with Crippen LogP contribution in [0, 0.1) is 0 Å². The van der Waals surface area contributed by atoms with Crippen molar-refractivity contribution in [2.75, 3.05) is 26.2 Å². The van der Waals surface area contributed by atoms with Gasteiger partial charge in [-0.25, -0.2) is 8.42 Å². The maximum absolute atomic E-state index is 12.9. The number of halogens is 2. The molecule has 1 aliphatic rings. The Morgan fingerprint density at radius 1 is 1.00 bits per heavy atom. The molecule has 30 heavy (non-hydrogen) atoms. The van der Waals surface area contributed by atoms with E-state index in [0.717, 1.165) is 5.56 Å². The summed E-state index contributed by atoms with van der Waals surface area (Å²) in [5.74, 6) is 1.05. The Bertz CT molecular complexity index is 1130. The molecule has 0 bridgehead atoms. The number of hydrogen-bond acceptors (Lipinski definition) is 6. The predicted molar refractivity (Wildman–Crippen MR) is 115 cm³/mol. The maximum atomic E-state index is 12.9. The molecule has 10 heteroatoms. The van der Waals surface area contributed by atoms with E-state index in [2.05, 4.69) is 15.0 Å². The highest BCUT2D eigenvalue weighted by molar-refractivity contribution is 7.89. The van der Waals surface area contributed by atoms with Crippen LogP contribution < -0.4 is 0 Å². The number of rotatable bonds is 5. The largest absolute Gasteiger partial charge is 0.337 e. The maximum Gasteiger partial charge on any atom is 0.244 e. The first-order valence-corrected chi connectivity index (χ1v) is 11.6. The normalized spacial score (nSPS) is 17.2. The molecule has 158 valence electrons. The Labute approximate surface area is 185 Å². The third kappa shape index (κ3) is 4.24.